The van der Waals surface area contributed by atoms with E-state index in [9.17, 15) is 4.79 Å². The van der Waals surface area contributed by atoms with E-state index in [2.05, 4.69) is 11.8 Å². The SMILES string of the molecule is C[C@@H]1CCCCN1CCCOc1ccccc1C=O. The summed E-state index contributed by atoms with van der Waals surface area (Å²) in [5.74, 6) is 0.698. The van der Waals surface area contributed by atoms with Gasteiger partial charge in [-0.25, -0.2) is 0 Å². The van der Waals surface area contributed by atoms with Gasteiger partial charge < -0.3 is 9.64 Å². The Balaban J connectivity index is 1.73. The lowest BCUT2D eigenvalue weighted by Gasteiger charge is -2.33. The number of aldehydes is 1. The Bertz CT molecular complexity index is 405. The van der Waals surface area contributed by atoms with Crippen molar-refractivity contribution in [3.8, 4) is 5.75 Å². The van der Waals surface area contributed by atoms with E-state index in [0.717, 1.165) is 19.3 Å². The van der Waals surface area contributed by atoms with E-state index < -0.39 is 0 Å². The summed E-state index contributed by atoms with van der Waals surface area (Å²) in [5, 5.41) is 0. The molecule has 3 heteroatoms. The number of carbonyl (C=O) groups is 1. The first-order valence-corrected chi connectivity index (χ1v) is 7.22. The van der Waals surface area contributed by atoms with Crippen LogP contribution in [-0.2, 0) is 0 Å². The third-order valence-electron chi connectivity index (χ3n) is 3.83. The molecule has 1 aromatic carbocycles. The third-order valence-corrected chi connectivity index (χ3v) is 3.83. The highest BCUT2D eigenvalue weighted by Gasteiger charge is 2.17. The van der Waals surface area contributed by atoms with Crippen molar-refractivity contribution in [2.45, 2.75) is 38.6 Å². The van der Waals surface area contributed by atoms with Gasteiger partial charge in [0.25, 0.3) is 0 Å². The number of nitrogens with zero attached hydrogens (tertiary/aromatic N) is 1. The number of hydrogen-bond donors (Lipinski definition) is 0. The standard InChI is InChI=1S/C16H23NO2/c1-14-7-4-5-10-17(14)11-6-12-19-16-9-3-2-8-15(16)13-18/h2-3,8-9,13-14H,4-7,10-12H2,1H3/t14-/m1/s1. The van der Waals surface area contributed by atoms with Gasteiger partial charge in [0.2, 0.25) is 0 Å². The van der Waals surface area contributed by atoms with Crippen molar-refractivity contribution in [3.63, 3.8) is 0 Å². The van der Waals surface area contributed by atoms with Crippen LogP contribution < -0.4 is 4.74 Å². The normalized spacial score (nSPS) is 20.2. The lowest BCUT2D eigenvalue weighted by Crippen LogP contribution is -2.38. The molecule has 1 atom stereocenters. The van der Waals surface area contributed by atoms with Crippen molar-refractivity contribution >= 4 is 6.29 Å². The summed E-state index contributed by atoms with van der Waals surface area (Å²) in [6.45, 7) is 5.28. The number of ether oxygens (including phenoxy) is 1. The third kappa shape index (κ3) is 4.06. The number of piperidine rings is 1. The highest BCUT2D eigenvalue weighted by molar-refractivity contribution is 5.79. The molecule has 0 unspecified atom stereocenters. The first kappa shape index (κ1) is 14.1. The molecule has 0 bridgehead atoms. The number of carbonyl (C=O) groups excluding carboxylic acids is 1. The minimum Gasteiger partial charge on any atom is -0.493 e. The predicted octanol–water partition coefficient (Wildman–Crippen LogP) is 3.14. The van der Waals surface area contributed by atoms with Crippen LogP contribution in [-0.4, -0.2) is 36.9 Å². The van der Waals surface area contributed by atoms with E-state index in [1.54, 1.807) is 6.07 Å². The summed E-state index contributed by atoms with van der Waals surface area (Å²) in [6, 6.07) is 8.10. The van der Waals surface area contributed by atoms with Crippen LogP contribution in [0.15, 0.2) is 24.3 Å². The molecule has 104 valence electrons. The minimum absolute atomic E-state index is 0.633. The van der Waals surface area contributed by atoms with Gasteiger partial charge in [0.05, 0.1) is 12.2 Å². The lowest BCUT2D eigenvalue weighted by atomic mass is 10.0. The summed E-state index contributed by atoms with van der Waals surface area (Å²) < 4.78 is 5.70. The Labute approximate surface area is 115 Å². The largest absolute Gasteiger partial charge is 0.493 e. The van der Waals surface area contributed by atoms with Crippen LogP contribution in [0.2, 0.25) is 0 Å². The molecule has 1 heterocycles. The molecular weight excluding hydrogens is 238 g/mol. The van der Waals surface area contributed by atoms with Crippen LogP contribution in [0.4, 0.5) is 0 Å². The van der Waals surface area contributed by atoms with Crippen molar-refractivity contribution in [2.24, 2.45) is 0 Å². The van der Waals surface area contributed by atoms with Crippen LogP contribution in [0, 0.1) is 0 Å². The van der Waals surface area contributed by atoms with E-state index in [1.165, 1.54) is 25.8 Å². The van der Waals surface area contributed by atoms with Gasteiger partial charge in [-0.05, 0) is 44.9 Å². The topological polar surface area (TPSA) is 29.5 Å². The van der Waals surface area contributed by atoms with Crippen LogP contribution in [0.25, 0.3) is 0 Å². The molecule has 1 aliphatic heterocycles. The van der Waals surface area contributed by atoms with E-state index in [4.69, 9.17) is 4.74 Å². The molecule has 0 spiro atoms. The van der Waals surface area contributed by atoms with Crippen molar-refractivity contribution in [1.29, 1.82) is 0 Å². The first-order chi connectivity index (χ1) is 9.31. The van der Waals surface area contributed by atoms with Gasteiger partial charge in [0, 0.05) is 12.6 Å². The smallest absolute Gasteiger partial charge is 0.153 e. The summed E-state index contributed by atoms with van der Waals surface area (Å²) in [7, 11) is 0. The highest BCUT2D eigenvalue weighted by atomic mass is 16.5. The highest BCUT2D eigenvalue weighted by Crippen LogP contribution is 2.18. The number of benzene rings is 1. The maximum atomic E-state index is 10.9. The van der Waals surface area contributed by atoms with E-state index in [0.29, 0.717) is 24.0 Å². The summed E-state index contributed by atoms with van der Waals surface area (Å²) in [5.41, 5.74) is 0.633. The van der Waals surface area contributed by atoms with Gasteiger partial charge in [-0.15, -0.1) is 0 Å². The van der Waals surface area contributed by atoms with Crippen LogP contribution >= 0.6 is 0 Å². The zero-order chi connectivity index (χ0) is 13.5. The van der Waals surface area contributed by atoms with Crippen molar-refractivity contribution in [2.75, 3.05) is 19.7 Å². The molecule has 0 radical (unpaired) electrons. The van der Waals surface area contributed by atoms with Gasteiger partial charge >= 0.3 is 0 Å². The zero-order valence-electron chi connectivity index (χ0n) is 11.7. The Morgan fingerprint density at radius 1 is 1.37 bits per heavy atom. The summed E-state index contributed by atoms with van der Waals surface area (Å²) in [4.78, 5) is 13.4. The number of para-hydroxylation sites is 1. The van der Waals surface area contributed by atoms with Crippen LogP contribution in [0.5, 0.6) is 5.75 Å². The summed E-state index contributed by atoms with van der Waals surface area (Å²) >= 11 is 0. The average molecular weight is 261 g/mol. The first-order valence-electron chi connectivity index (χ1n) is 7.22. The Hall–Kier alpha value is -1.35. The zero-order valence-corrected chi connectivity index (χ0v) is 11.7. The molecule has 3 nitrogen and oxygen atoms in total. The second-order valence-corrected chi connectivity index (χ2v) is 5.24. The molecule has 1 fully saturated rings. The van der Waals surface area contributed by atoms with Crippen molar-refractivity contribution < 1.29 is 9.53 Å². The minimum atomic E-state index is 0.633. The van der Waals surface area contributed by atoms with E-state index >= 15 is 0 Å². The quantitative estimate of drug-likeness (QED) is 0.582. The lowest BCUT2D eigenvalue weighted by molar-refractivity contribution is 0.111. The molecule has 19 heavy (non-hydrogen) atoms. The number of hydrogen-bond acceptors (Lipinski definition) is 3. The molecule has 0 saturated carbocycles. The molecule has 1 aliphatic rings. The number of rotatable bonds is 6. The fraction of sp³-hybridized carbons (Fsp3) is 0.562. The maximum Gasteiger partial charge on any atom is 0.153 e. The second kappa shape index (κ2) is 7.29. The summed E-state index contributed by atoms with van der Waals surface area (Å²) in [6.07, 6.45) is 5.86. The van der Waals surface area contributed by atoms with Crippen LogP contribution in [0.3, 0.4) is 0 Å². The molecule has 0 N–H and O–H groups in total. The Morgan fingerprint density at radius 3 is 3.00 bits per heavy atom. The molecule has 2 rings (SSSR count). The fourth-order valence-electron chi connectivity index (χ4n) is 2.65. The molecule has 1 aromatic rings. The molecule has 0 aliphatic carbocycles. The van der Waals surface area contributed by atoms with E-state index in [1.807, 2.05) is 18.2 Å². The van der Waals surface area contributed by atoms with Gasteiger partial charge in [-0.2, -0.15) is 0 Å². The Morgan fingerprint density at radius 2 is 2.21 bits per heavy atom. The monoisotopic (exact) mass is 261 g/mol. The Kier molecular flexibility index (Phi) is 5.40. The molecule has 0 amide bonds. The second-order valence-electron chi connectivity index (χ2n) is 5.24. The van der Waals surface area contributed by atoms with Crippen molar-refractivity contribution in [3.05, 3.63) is 29.8 Å². The van der Waals surface area contributed by atoms with Gasteiger partial charge in [0.1, 0.15) is 5.75 Å². The van der Waals surface area contributed by atoms with Gasteiger partial charge in [-0.1, -0.05) is 18.6 Å². The van der Waals surface area contributed by atoms with Crippen LogP contribution in [0.1, 0.15) is 43.0 Å². The van der Waals surface area contributed by atoms with Gasteiger partial charge in [-0.3, -0.25) is 4.79 Å². The average Bonchev–Trinajstić information content (AvgIpc) is 2.45. The molecule has 1 saturated heterocycles. The predicted molar refractivity (Wildman–Crippen MR) is 76.8 cm³/mol. The maximum absolute atomic E-state index is 10.9. The number of likely N-dealkylation sites (tertiary alicyclic amines) is 1. The molecular formula is C16H23NO2. The van der Waals surface area contributed by atoms with Gasteiger partial charge in [0.15, 0.2) is 6.29 Å². The molecule has 0 aromatic heterocycles. The van der Waals surface area contributed by atoms with E-state index in [-0.39, 0.29) is 0 Å². The fourth-order valence-corrected chi connectivity index (χ4v) is 2.65. The van der Waals surface area contributed by atoms with Crippen molar-refractivity contribution in [1.82, 2.24) is 4.90 Å².